The Morgan fingerprint density at radius 3 is 2.67 bits per heavy atom. The molecular formula is C18H22ClN3O2. The Morgan fingerprint density at radius 2 is 2.04 bits per heavy atom. The fraction of sp³-hybridized carbons (Fsp3) is 0.500. The molecule has 1 fully saturated rings. The zero-order valence-electron chi connectivity index (χ0n) is 14.0. The van der Waals surface area contributed by atoms with Crippen molar-refractivity contribution < 1.29 is 9.32 Å². The predicted molar refractivity (Wildman–Crippen MR) is 92.6 cm³/mol. The van der Waals surface area contributed by atoms with Crippen molar-refractivity contribution in [2.24, 2.45) is 5.92 Å². The first-order chi connectivity index (χ1) is 11.5. The van der Waals surface area contributed by atoms with E-state index >= 15 is 0 Å². The molecule has 0 aliphatic heterocycles. The summed E-state index contributed by atoms with van der Waals surface area (Å²) in [5.41, 5.74) is 0.847. The number of carbonyl (C=O) groups is 1. The van der Waals surface area contributed by atoms with Crippen LogP contribution in [0.3, 0.4) is 0 Å². The summed E-state index contributed by atoms with van der Waals surface area (Å²) < 4.78 is 5.27. The van der Waals surface area contributed by atoms with Crippen LogP contribution < -0.4 is 0 Å². The molecule has 6 heteroatoms. The topological polar surface area (TPSA) is 59.2 Å². The number of halogens is 1. The third kappa shape index (κ3) is 4.35. The molecule has 0 saturated heterocycles. The van der Waals surface area contributed by atoms with E-state index in [1.165, 1.54) is 0 Å². The second-order valence-electron chi connectivity index (χ2n) is 6.69. The third-order valence-electron chi connectivity index (χ3n) is 3.99. The summed E-state index contributed by atoms with van der Waals surface area (Å²) >= 11 is 5.88. The smallest absolute Gasteiger partial charge is 0.227 e. The molecule has 24 heavy (non-hydrogen) atoms. The zero-order chi connectivity index (χ0) is 17.1. The molecule has 0 atom stereocenters. The molecule has 1 aromatic heterocycles. The fourth-order valence-electron chi connectivity index (χ4n) is 2.66. The maximum absolute atomic E-state index is 12.5. The number of carbonyl (C=O) groups excluding carboxylic acids is 1. The maximum atomic E-state index is 12.5. The normalized spacial score (nSPS) is 14.2. The summed E-state index contributed by atoms with van der Waals surface area (Å²) in [6.45, 7) is 5.10. The molecule has 0 unspecified atom stereocenters. The number of amides is 1. The van der Waals surface area contributed by atoms with E-state index in [0.29, 0.717) is 41.5 Å². The highest BCUT2D eigenvalue weighted by atomic mass is 35.5. The second kappa shape index (κ2) is 7.34. The van der Waals surface area contributed by atoms with Crippen LogP contribution >= 0.6 is 11.6 Å². The lowest BCUT2D eigenvalue weighted by molar-refractivity contribution is -0.132. The molecule has 0 bridgehead atoms. The average molecular weight is 348 g/mol. The average Bonchev–Trinajstić information content (AvgIpc) is 3.29. The largest absolute Gasteiger partial charge is 0.339 e. The lowest BCUT2D eigenvalue weighted by atomic mass is 10.2. The highest BCUT2D eigenvalue weighted by Gasteiger charge is 2.32. The van der Waals surface area contributed by atoms with Gasteiger partial charge in [-0.05, 0) is 43.0 Å². The molecular weight excluding hydrogens is 326 g/mol. The van der Waals surface area contributed by atoms with Gasteiger partial charge in [-0.15, -0.1) is 0 Å². The molecule has 128 valence electrons. The summed E-state index contributed by atoms with van der Waals surface area (Å²) in [5, 5.41) is 4.65. The Hall–Kier alpha value is -1.88. The zero-order valence-corrected chi connectivity index (χ0v) is 14.8. The minimum Gasteiger partial charge on any atom is -0.339 e. The molecule has 0 N–H and O–H groups in total. The van der Waals surface area contributed by atoms with Crippen LogP contribution in [0.4, 0.5) is 0 Å². The number of aryl methyl sites for hydroxylation is 1. The van der Waals surface area contributed by atoms with Gasteiger partial charge in [0, 0.05) is 36.0 Å². The standard InChI is InChI=1S/C18H22ClN3O2/c1-12(2)11-22(15-7-8-15)17(23)10-9-16-20-18(21-24-16)13-3-5-14(19)6-4-13/h3-6,12,15H,7-11H2,1-2H3. The molecule has 5 nitrogen and oxygen atoms in total. The van der Waals surface area contributed by atoms with Gasteiger partial charge >= 0.3 is 0 Å². The Kier molecular flexibility index (Phi) is 5.19. The van der Waals surface area contributed by atoms with E-state index in [1.807, 2.05) is 17.0 Å². The molecule has 1 heterocycles. The van der Waals surface area contributed by atoms with Gasteiger partial charge < -0.3 is 9.42 Å². The number of rotatable bonds is 7. The van der Waals surface area contributed by atoms with Crippen molar-refractivity contribution in [1.29, 1.82) is 0 Å². The SMILES string of the molecule is CC(C)CN(C(=O)CCc1nc(-c2ccc(Cl)cc2)no1)C1CC1. The highest BCUT2D eigenvalue weighted by molar-refractivity contribution is 6.30. The molecule has 2 aromatic rings. The molecule has 1 aromatic carbocycles. The van der Waals surface area contributed by atoms with Gasteiger partial charge in [0.2, 0.25) is 17.6 Å². The van der Waals surface area contributed by atoms with Crippen molar-refractivity contribution in [2.75, 3.05) is 6.54 Å². The Balaban J connectivity index is 1.58. The predicted octanol–water partition coefficient (Wildman–Crippen LogP) is 3.97. The Labute approximate surface area is 147 Å². The number of hydrogen-bond donors (Lipinski definition) is 0. The number of nitrogens with zero attached hydrogens (tertiary/aromatic N) is 3. The maximum Gasteiger partial charge on any atom is 0.227 e. The lowest BCUT2D eigenvalue weighted by Crippen LogP contribution is -2.36. The van der Waals surface area contributed by atoms with Crippen LogP contribution in [0.5, 0.6) is 0 Å². The molecule has 1 saturated carbocycles. The third-order valence-corrected chi connectivity index (χ3v) is 4.25. The second-order valence-corrected chi connectivity index (χ2v) is 7.13. The minimum atomic E-state index is 0.178. The molecule has 1 amide bonds. The van der Waals surface area contributed by atoms with E-state index in [1.54, 1.807) is 12.1 Å². The van der Waals surface area contributed by atoms with Crippen molar-refractivity contribution in [3.63, 3.8) is 0 Å². The van der Waals surface area contributed by atoms with Crippen LogP contribution in [0.1, 0.15) is 39.0 Å². The van der Waals surface area contributed by atoms with Gasteiger partial charge in [0.25, 0.3) is 0 Å². The first-order valence-electron chi connectivity index (χ1n) is 8.41. The van der Waals surface area contributed by atoms with Crippen LogP contribution in [-0.4, -0.2) is 33.5 Å². The van der Waals surface area contributed by atoms with E-state index in [-0.39, 0.29) is 5.91 Å². The van der Waals surface area contributed by atoms with Gasteiger partial charge in [0.05, 0.1) is 0 Å². The Morgan fingerprint density at radius 1 is 1.33 bits per heavy atom. The molecule has 0 radical (unpaired) electrons. The van der Waals surface area contributed by atoms with E-state index in [0.717, 1.165) is 24.9 Å². The molecule has 1 aliphatic carbocycles. The van der Waals surface area contributed by atoms with Gasteiger partial charge in [-0.2, -0.15) is 4.98 Å². The summed E-state index contributed by atoms with van der Waals surface area (Å²) in [6.07, 6.45) is 3.13. The Bertz CT molecular complexity index is 693. The lowest BCUT2D eigenvalue weighted by Gasteiger charge is -2.24. The van der Waals surface area contributed by atoms with Crippen molar-refractivity contribution >= 4 is 17.5 Å². The van der Waals surface area contributed by atoms with Crippen molar-refractivity contribution in [3.05, 3.63) is 35.2 Å². The van der Waals surface area contributed by atoms with E-state index in [9.17, 15) is 4.79 Å². The number of hydrogen-bond acceptors (Lipinski definition) is 4. The number of aromatic nitrogens is 2. The molecule has 0 spiro atoms. The number of benzene rings is 1. The van der Waals surface area contributed by atoms with Gasteiger partial charge in [0.1, 0.15) is 0 Å². The van der Waals surface area contributed by atoms with Crippen molar-refractivity contribution in [1.82, 2.24) is 15.0 Å². The van der Waals surface area contributed by atoms with Gasteiger partial charge in [-0.3, -0.25) is 4.79 Å². The minimum absolute atomic E-state index is 0.178. The van der Waals surface area contributed by atoms with Gasteiger partial charge in [0.15, 0.2) is 0 Å². The highest BCUT2D eigenvalue weighted by Crippen LogP contribution is 2.28. The van der Waals surface area contributed by atoms with E-state index < -0.39 is 0 Å². The van der Waals surface area contributed by atoms with E-state index in [4.69, 9.17) is 16.1 Å². The van der Waals surface area contributed by atoms with Crippen LogP contribution in [0.15, 0.2) is 28.8 Å². The first kappa shape index (κ1) is 17.0. The van der Waals surface area contributed by atoms with Crippen LogP contribution in [0.2, 0.25) is 5.02 Å². The summed E-state index contributed by atoms with van der Waals surface area (Å²) in [7, 11) is 0. The van der Waals surface area contributed by atoms with Crippen molar-refractivity contribution in [3.8, 4) is 11.4 Å². The van der Waals surface area contributed by atoms with Gasteiger partial charge in [-0.25, -0.2) is 0 Å². The first-order valence-corrected chi connectivity index (χ1v) is 8.78. The quantitative estimate of drug-likeness (QED) is 0.760. The molecule has 3 rings (SSSR count). The van der Waals surface area contributed by atoms with Crippen molar-refractivity contribution in [2.45, 2.75) is 45.6 Å². The summed E-state index contributed by atoms with van der Waals surface area (Å²) in [4.78, 5) is 18.9. The summed E-state index contributed by atoms with van der Waals surface area (Å²) in [6, 6.07) is 7.71. The van der Waals surface area contributed by atoms with Crippen LogP contribution in [-0.2, 0) is 11.2 Å². The van der Waals surface area contributed by atoms with Crippen LogP contribution in [0.25, 0.3) is 11.4 Å². The van der Waals surface area contributed by atoms with Gasteiger partial charge in [-0.1, -0.05) is 30.6 Å². The summed E-state index contributed by atoms with van der Waals surface area (Å²) in [5.74, 6) is 1.68. The molecule has 1 aliphatic rings. The monoisotopic (exact) mass is 347 g/mol. The fourth-order valence-corrected chi connectivity index (χ4v) is 2.79. The van der Waals surface area contributed by atoms with Crippen LogP contribution in [0, 0.1) is 5.92 Å². The van der Waals surface area contributed by atoms with E-state index in [2.05, 4.69) is 24.0 Å².